The van der Waals surface area contributed by atoms with Gasteiger partial charge in [0.05, 0.1) is 19.1 Å². The normalized spacial score (nSPS) is 13.4. The van der Waals surface area contributed by atoms with Crippen LogP contribution in [0.1, 0.15) is 34.1 Å². The first kappa shape index (κ1) is 16.7. The molecule has 1 atom stereocenters. The lowest BCUT2D eigenvalue weighted by molar-refractivity contribution is -0.211. The Morgan fingerprint density at radius 3 is 2.24 bits per heavy atom. The van der Waals surface area contributed by atoms with Gasteiger partial charge in [-0.1, -0.05) is 0 Å². The van der Waals surface area contributed by atoms with Crippen LogP contribution < -0.4 is 10.9 Å². The summed E-state index contributed by atoms with van der Waals surface area (Å²) in [6.45, 7) is 7.89. The van der Waals surface area contributed by atoms with E-state index < -0.39 is 8.53 Å². The summed E-state index contributed by atoms with van der Waals surface area (Å²) >= 11 is 0. The molecule has 0 aromatic carbocycles. The summed E-state index contributed by atoms with van der Waals surface area (Å²) in [5, 5.41) is 8.30. The van der Waals surface area contributed by atoms with Crippen molar-refractivity contribution in [2.75, 3.05) is 6.61 Å². The van der Waals surface area contributed by atoms with Crippen molar-refractivity contribution in [2.45, 2.75) is 46.2 Å². The molecule has 8 heteroatoms. The molecule has 1 unspecified atom stereocenters. The molecular formula is C9H21N4O3P. The second-order valence-electron chi connectivity index (χ2n) is 3.94. The van der Waals surface area contributed by atoms with E-state index in [0.717, 1.165) is 0 Å². The highest BCUT2D eigenvalue weighted by Gasteiger charge is 2.20. The van der Waals surface area contributed by atoms with Crippen LogP contribution >= 0.6 is 8.53 Å². The highest BCUT2D eigenvalue weighted by molar-refractivity contribution is 7.43. The zero-order valence-corrected chi connectivity index (χ0v) is 11.6. The molecule has 0 radical (unpaired) electrons. The molecule has 0 aliphatic heterocycles. The largest absolute Gasteiger partial charge is 0.334 e. The van der Waals surface area contributed by atoms with Crippen LogP contribution in [-0.4, -0.2) is 28.5 Å². The smallest absolute Gasteiger partial charge is 0.318 e. The topological polar surface area (TPSA) is 89.8 Å². The summed E-state index contributed by atoms with van der Waals surface area (Å²) in [5.41, 5.74) is 5.97. The summed E-state index contributed by atoms with van der Waals surface area (Å²) < 4.78 is 4.78. The maximum atomic E-state index is 9.74. The van der Waals surface area contributed by atoms with Crippen LogP contribution in [-0.2, 0) is 9.56 Å². The second-order valence-corrected chi connectivity index (χ2v) is 4.99. The molecule has 0 aliphatic rings. The van der Waals surface area contributed by atoms with Crippen LogP contribution in [0.3, 0.4) is 0 Å². The third kappa shape index (κ3) is 9.39. The summed E-state index contributed by atoms with van der Waals surface area (Å²) in [6, 6.07) is 2.19. The van der Waals surface area contributed by atoms with Crippen molar-refractivity contribution in [3.63, 3.8) is 0 Å². The van der Waals surface area contributed by atoms with Crippen LogP contribution in [0.15, 0.2) is 0 Å². The van der Waals surface area contributed by atoms with Gasteiger partial charge in [0.1, 0.15) is 0 Å². The van der Waals surface area contributed by atoms with E-state index in [0.29, 0.717) is 0 Å². The van der Waals surface area contributed by atoms with Crippen LogP contribution in [0, 0.1) is 11.3 Å². The predicted molar refractivity (Wildman–Crippen MR) is 64.8 cm³/mol. The molecule has 0 aliphatic carbocycles. The van der Waals surface area contributed by atoms with E-state index in [1.54, 1.807) is 0 Å². The molecule has 0 amide bonds. The van der Waals surface area contributed by atoms with Crippen molar-refractivity contribution in [1.82, 2.24) is 15.7 Å². The van der Waals surface area contributed by atoms with Crippen LogP contribution in [0.5, 0.6) is 0 Å². The van der Waals surface area contributed by atoms with Gasteiger partial charge in [-0.25, -0.2) is 15.7 Å². The van der Waals surface area contributed by atoms with E-state index in [9.17, 15) is 4.89 Å². The summed E-state index contributed by atoms with van der Waals surface area (Å²) in [7, 11) is -1.95. The highest BCUT2D eigenvalue weighted by Crippen LogP contribution is 2.33. The second kappa shape index (κ2) is 9.68. The molecule has 3 N–H and O–H groups in total. The average molecular weight is 264 g/mol. The van der Waals surface area contributed by atoms with Crippen molar-refractivity contribution in [1.29, 1.82) is 5.26 Å². The Morgan fingerprint density at radius 2 is 1.82 bits per heavy atom. The molecule has 0 rings (SSSR count). The van der Waals surface area contributed by atoms with Crippen molar-refractivity contribution in [2.24, 2.45) is 0 Å². The number of hydrogen-bond donors (Lipinski definition) is 3. The van der Waals surface area contributed by atoms with E-state index in [4.69, 9.17) is 14.8 Å². The third-order valence-corrected chi connectivity index (χ3v) is 2.16. The van der Waals surface area contributed by atoms with Crippen molar-refractivity contribution in [3.8, 4) is 6.07 Å². The van der Waals surface area contributed by atoms with Gasteiger partial charge in [0, 0.05) is 12.1 Å². The van der Waals surface area contributed by atoms with E-state index in [1.165, 1.54) is 4.89 Å². The first-order chi connectivity index (χ1) is 7.97. The summed E-state index contributed by atoms with van der Waals surface area (Å²) in [5.74, 6) is 0. The van der Waals surface area contributed by atoms with Gasteiger partial charge in [-0.05, 0) is 27.7 Å². The molecule has 100 valence electrons. The lowest BCUT2D eigenvalue weighted by Crippen LogP contribution is -2.50. The number of rotatable bonds is 9. The number of hydrazine groups is 2. The number of nitrogens with one attached hydrogen (secondary N) is 2. The minimum Gasteiger partial charge on any atom is -0.334 e. The molecule has 17 heavy (non-hydrogen) atoms. The monoisotopic (exact) mass is 264 g/mol. The fourth-order valence-electron chi connectivity index (χ4n) is 0.830. The highest BCUT2D eigenvalue weighted by atomic mass is 31.2. The van der Waals surface area contributed by atoms with Crippen LogP contribution in [0.4, 0.5) is 0 Å². The minimum absolute atomic E-state index is 0.132. The molecule has 0 fully saturated rings. The molecule has 0 saturated heterocycles. The molecule has 0 bridgehead atoms. The van der Waals surface area contributed by atoms with Crippen molar-refractivity contribution >= 4 is 8.53 Å². The third-order valence-electron chi connectivity index (χ3n) is 1.35. The maximum Gasteiger partial charge on any atom is 0.318 e. The molecule has 7 nitrogen and oxygen atoms in total. The van der Waals surface area contributed by atoms with E-state index in [-0.39, 0.29) is 25.1 Å². The van der Waals surface area contributed by atoms with Crippen molar-refractivity contribution < 1.29 is 14.5 Å². The maximum absolute atomic E-state index is 9.74. The molecule has 0 aromatic rings. The van der Waals surface area contributed by atoms with Gasteiger partial charge in [-0.3, -0.25) is 0 Å². The molecule has 0 aromatic heterocycles. The van der Waals surface area contributed by atoms with Crippen LogP contribution in [0.25, 0.3) is 0 Å². The fraction of sp³-hybridized carbons (Fsp3) is 0.889. The van der Waals surface area contributed by atoms with E-state index in [2.05, 4.69) is 10.9 Å². The summed E-state index contributed by atoms with van der Waals surface area (Å²) in [4.78, 5) is 15.8. The van der Waals surface area contributed by atoms with E-state index in [1.807, 2.05) is 33.8 Å². The van der Waals surface area contributed by atoms with Gasteiger partial charge < -0.3 is 4.89 Å². The molecular weight excluding hydrogens is 243 g/mol. The van der Waals surface area contributed by atoms with Crippen molar-refractivity contribution in [3.05, 3.63) is 0 Å². The Bertz CT molecular complexity index is 225. The quantitative estimate of drug-likeness (QED) is 0.249. The zero-order chi connectivity index (χ0) is 13.3. The number of nitriles is 1. The Hall–Kier alpha value is -0.320. The van der Waals surface area contributed by atoms with Gasteiger partial charge in [0.15, 0.2) is 0 Å². The van der Waals surface area contributed by atoms with Crippen LogP contribution in [0.2, 0.25) is 0 Å². The van der Waals surface area contributed by atoms with Gasteiger partial charge >= 0.3 is 8.53 Å². The predicted octanol–water partition coefficient (Wildman–Crippen LogP) is 1.20. The van der Waals surface area contributed by atoms with Gasteiger partial charge in [-0.2, -0.15) is 9.94 Å². The molecule has 0 heterocycles. The Labute approximate surface area is 104 Å². The standard InChI is InChI=1S/C9H21N4O3P/c1-8(2)11-13(12-9(3)4)17(14)16-15-7-5-6-10/h8-9,11-12,14H,5,7H2,1-4H3. The minimum atomic E-state index is -1.95. The van der Waals surface area contributed by atoms with Gasteiger partial charge in [-0.15, -0.1) is 4.89 Å². The number of hydrogen-bond acceptors (Lipinski definition) is 7. The summed E-state index contributed by atoms with van der Waals surface area (Å²) in [6.07, 6.45) is 0.221. The lowest BCUT2D eigenvalue weighted by Gasteiger charge is -2.29. The first-order valence-electron chi connectivity index (χ1n) is 5.45. The number of nitrogens with zero attached hydrogens (tertiary/aromatic N) is 2. The SMILES string of the molecule is CC(C)NN(NC(C)C)P(O)OOCCC#N. The lowest BCUT2D eigenvalue weighted by atomic mass is 10.4. The molecule has 0 spiro atoms. The van der Waals surface area contributed by atoms with E-state index >= 15 is 0 Å². The zero-order valence-electron chi connectivity index (χ0n) is 10.7. The first-order valence-corrected chi connectivity index (χ1v) is 6.61. The Morgan fingerprint density at radius 1 is 1.29 bits per heavy atom. The van der Waals surface area contributed by atoms with Gasteiger partial charge in [0.2, 0.25) is 0 Å². The molecule has 0 saturated carbocycles. The Kier molecular flexibility index (Phi) is 9.50. The average Bonchev–Trinajstić information content (AvgIpc) is 2.22. The van der Waals surface area contributed by atoms with Gasteiger partial charge in [0.25, 0.3) is 0 Å². The Balaban J connectivity index is 4.03. The fourth-order valence-corrected chi connectivity index (χ4v) is 1.73.